The van der Waals surface area contributed by atoms with Gasteiger partial charge in [0.15, 0.2) is 0 Å². The third kappa shape index (κ3) is 3.34. The predicted molar refractivity (Wildman–Crippen MR) is 80.8 cm³/mol. The van der Waals surface area contributed by atoms with Gasteiger partial charge in [0.25, 0.3) is 0 Å². The lowest BCUT2D eigenvalue weighted by molar-refractivity contribution is 0.317. The van der Waals surface area contributed by atoms with Crippen LogP contribution in [0.2, 0.25) is 0 Å². The lowest BCUT2D eigenvalue weighted by Gasteiger charge is -2.34. The first-order valence-corrected chi connectivity index (χ1v) is 8.83. The molecule has 2 fully saturated rings. The van der Waals surface area contributed by atoms with Crippen molar-refractivity contribution < 1.29 is 0 Å². The standard InChI is InChI=1S/C14H25N5S/c1-3-8-15-12-7-4-10(2)9-13(12)20-14-16-17-18-19(14)11-5-6-11/h10-13,15H,3-9H2,1-2H3. The van der Waals surface area contributed by atoms with Crippen molar-refractivity contribution in [2.75, 3.05) is 6.54 Å². The molecule has 0 aromatic carbocycles. The fraction of sp³-hybridized carbons (Fsp3) is 0.929. The Balaban J connectivity index is 1.66. The van der Waals surface area contributed by atoms with Gasteiger partial charge in [-0.3, -0.25) is 0 Å². The van der Waals surface area contributed by atoms with E-state index in [1.165, 1.54) is 38.5 Å². The summed E-state index contributed by atoms with van der Waals surface area (Å²) in [6.45, 7) is 5.71. The summed E-state index contributed by atoms with van der Waals surface area (Å²) >= 11 is 1.89. The van der Waals surface area contributed by atoms with Crippen LogP contribution >= 0.6 is 11.8 Å². The van der Waals surface area contributed by atoms with Crippen LogP contribution in [0.4, 0.5) is 0 Å². The van der Waals surface area contributed by atoms with Crippen molar-refractivity contribution in [2.45, 2.75) is 74.9 Å². The second kappa shape index (κ2) is 6.43. The molecule has 0 spiro atoms. The highest BCUT2D eigenvalue weighted by molar-refractivity contribution is 7.99. The average molecular weight is 295 g/mol. The summed E-state index contributed by atoms with van der Waals surface area (Å²) in [7, 11) is 0. The summed E-state index contributed by atoms with van der Waals surface area (Å²) in [6.07, 6.45) is 7.55. The lowest BCUT2D eigenvalue weighted by Crippen LogP contribution is -2.42. The van der Waals surface area contributed by atoms with Crippen LogP contribution in [0.1, 0.15) is 58.4 Å². The zero-order valence-corrected chi connectivity index (χ0v) is 13.3. The van der Waals surface area contributed by atoms with E-state index in [4.69, 9.17) is 0 Å². The number of thioether (sulfide) groups is 1. The van der Waals surface area contributed by atoms with Crippen LogP contribution in [-0.4, -0.2) is 38.0 Å². The quantitative estimate of drug-likeness (QED) is 0.874. The van der Waals surface area contributed by atoms with Crippen LogP contribution in [0, 0.1) is 5.92 Å². The molecule has 6 heteroatoms. The van der Waals surface area contributed by atoms with Crippen molar-refractivity contribution in [3.63, 3.8) is 0 Å². The Hall–Kier alpha value is -0.620. The zero-order chi connectivity index (χ0) is 13.9. The third-order valence-electron chi connectivity index (χ3n) is 4.32. The number of aromatic nitrogens is 4. The van der Waals surface area contributed by atoms with Crippen molar-refractivity contribution in [3.8, 4) is 0 Å². The highest BCUT2D eigenvalue weighted by Gasteiger charge is 2.33. The summed E-state index contributed by atoms with van der Waals surface area (Å²) in [6, 6.07) is 1.18. The van der Waals surface area contributed by atoms with Crippen LogP contribution < -0.4 is 5.32 Å². The van der Waals surface area contributed by atoms with Gasteiger partial charge in [-0.25, -0.2) is 4.68 Å². The van der Waals surface area contributed by atoms with Crippen LogP contribution in [-0.2, 0) is 0 Å². The molecule has 1 aromatic heterocycles. The van der Waals surface area contributed by atoms with Gasteiger partial charge in [-0.15, -0.1) is 5.10 Å². The fourth-order valence-electron chi connectivity index (χ4n) is 2.97. The Morgan fingerprint density at radius 2 is 2.15 bits per heavy atom. The molecule has 3 atom stereocenters. The molecule has 20 heavy (non-hydrogen) atoms. The summed E-state index contributed by atoms with van der Waals surface area (Å²) in [5.41, 5.74) is 0. The molecule has 112 valence electrons. The van der Waals surface area contributed by atoms with E-state index < -0.39 is 0 Å². The van der Waals surface area contributed by atoms with Crippen molar-refractivity contribution >= 4 is 11.8 Å². The van der Waals surface area contributed by atoms with Crippen molar-refractivity contribution in [3.05, 3.63) is 0 Å². The van der Waals surface area contributed by atoms with Crippen LogP contribution in [0.5, 0.6) is 0 Å². The molecule has 5 nitrogen and oxygen atoms in total. The summed E-state index contributed by atoms with van der Waals surface area (Å²) in [5, 5.41) is 17.6. The summed E-state index contributed by atoms with van der Waals surface area (Å²) in [5.74, 6) is 0.817. The molecule has 3 unspecified atom stereocenters. The maximum absolute atomic E-state index is 4.25. The molecule has 2 saturated carbocycles. The summed E-state index contributed by atoms with van der Waals surface area (Å²) < 4.78 is 2.04. The molecular weight excluding hydrogens is 270 g/mol. The highest BCUT2D eigenvalue weighted by Crippen LogP contribution is 2.40. The topological polar surface area (TPSA) is 55.6 Å². The Kier molecular flexibility index (Phi) is 4.61. The maximum atomic E-state index is 4.25. The summed E-state index contributed by atoms with van der Waals surface area (Å²) in [4.78, 5) is 0. The van der Waals surface area contributed by atoms with Crippen molar-refractivity contribution in [1.29, 1.82) is 0 Å². The van der Waals surface area contributed by atoms with E-state index in [9.17, 15) is 0 Å². The lowest BCUT2D eigenvalue weighted by atomic mass is 9.87. The van der Waals surface area contributed by atoms with E-state index in [2.05, 4.69) is 34.7 Å². The number of hydrogen-bond acceptors (Lipinski definition) is 5. The molecule has 2 aliphatic carbocycles. The molecule has 3 rings (SSSR count). The maximum Gasteiger partial charge on any atom is 0.209 e. The fourth-order valence-corrected chi connectivity index (χ4v) is 4.44. The van der Waals surface area contributed by atoms with E-state index >= 15 is 0 Å². The second-order valence-corrected chi connectivity index (χ2v) is 7.48. The Bertz CT molecular complexity index is 429. The van der Waals surface area contributed by atoms with Gasteiger partial charge in [0.05, 0.1) is 6.04 Å². The largest absolute Gasteiger partial charge is 0.313 e. The molecule has 1 N–H and O–H groups in total. The normalized spacial score (nSPS) is 30.6. The van der Waals surface area contributed by atoms with Crippen molar-refractivity contribution in [1.82, 2.24) is 25.5 Å². The van der Waals surface area contributed by atoms with E-state index in [1.807, 2.05) is 16.4 Å². The number of rotatable bonds is 6. The molecule has 0 radical (unpaired) electrons. The van der Waals surface area contributed by atoms with Gasteiger partial charge in [-0.05, 0) is 61.4 Å². The SMILES string of the molecule is CCCNC1CCC(C)CC1Sc1nnnn1C1CC1. The van der Waals surface area contributed by atoms with E-state index in [1.54, 1.807) is 0 Å². The first-order chi connectivity index (χ1) is 9.78. The molecule has 1 heterocycles. The molecule has 0 bridgehead atoms. The van der Waals surface area contributed by atoms with Gasteiger partial charge in [-0.1, -0.05) is 25.6 Å². The Labute approximate surface area is 125 Å². The molecular formula is C14H25N5S. The van der Waals surface area contributed by atoms with E-state index in [0.29, 0.717) is 17.3 Å². The molecule has 0 saturated heterocycles. The van der Waals surface area contributed by atoms with Gasteiger partial charge < -0.3 is 5.32 Å². The highest BCUT2D eigenvalue weighted by atomic mass is 32.2. The molecule has 2 aliphatic rings. The van der Waals surface area contributed by atoms with E-state index in [-0.39, 0.29) is 0 Å². The monoisotopic (exact) mass is 295 g/mol. The van der Waals surface area contributed by atoms with Crippen molar-refractivity contribution in [2.24, 2.45) is 5.92 Å². The van der Waals surface area contributed by atoms with Gasteiger partial charge in [-0.2, -0.15) is 0 Å². The predicted octanol–water partition coefficient (Wildman–Crippen LogP) is 2.66. The van der Waals surface area contributed by atoms with E-state index in [0.717, 1.165) is 17.6 Å². The van der Waals surface area contributed by atoms with Gasteiger partial charge in [0.1, 0.15) is 0 Å². The average Bonchev–Trinajstić information content (AvgIpc) is 3.18. The number of tetrazole rings is 1. The van der Waals surface area contributed by atoms with Gasteiger partial charge in [0, 0.05) is 11.3 Å². The van der Waals surface area contributed by atoms with Gasteiger partial charge >= 0.3 is 0 Å². The van der Waals surface area contributed by atoms with Crippen LogP contribution in [0.15, 0.2) is 5.16 Å². The second-order valence-electron chi connectivity index (χ2n) is 6.27. The molecule has 0 aliphatic heterocycles. The molecule has 1 aromatic rings. The zero-order valence-electron chi connectivity index (χ0n) is 12.5. The Morgan fingerprint density at radius 1 is 1.30 bits per heavy atom. The Morgan fingerprint density at radius 3 is 2.90 bits per heavy atom. The minimum absolute atomic E-state index is 0.565. The van der Waals surface area contributed by atoms with Gasteiger partial charge in [0.2, 0.25) is 5.16 Å². The minimum Gasteiger partial charge on any atom is -0.313 e. The molecule has 0 amide bonds. The number of nitrogens with one attached hydrogen (secondary N) is 1. The number of nitrogens with zero attached hydrogens (tertiary/aromatic N) is 4. The van der Waals surface area contributed by atoms with Crippen LogP contribution in [0.3, 0.4) is 0 Å². The van der Waals surface area contributed by atoms with Crippen LogP contribution in [0.25, 0.3) is 0 Å². The first-order valence-electron chi connectivity index (χ1n) is 7.95. The smallest absolute Gasteiger partial charge is 0.209 e. The third-order valence-corrected chi connectivity index (χ3v) is 5.63. The number of hydrogen-bond donors (Lipinski definition) is 1. The minimum atomic E-state index is 0.565. The first kappa shape index (κ1) is 14.3.